The normalized spacial score (nSPS) is 14.1. The van der Waals surface area contributed by atoms with E-state index in [1.165, 1.54) is 0 Å². The Kier molecular flexibility index (Phi) is 6.79. The molecule has 4 heteroatoms. The van der Waals surface area contributed by atoms with Crippen LogP contribution in [0, 0.1) is 0 Å². The summed E-state index contributed by atoms with van der Waals surface area (Å²) in [6.45, 7) is 8.51. The highest BCUT2D eigenvalue weighted by Gasteiger charge is 2.03. The first-order chi connectivity index (χ1) is 9.15. The molecule has 0 N–H and O–H groups in total. The lowest BCUT2D eigenvalue weighted by Crippen LogP contribution is -2.13. The summed E-state index contributed by atoms with van der Waals surface area (Å²) in [6, 6.07) is 7.60. The maximum Gasteiger partial charge on any atom is 0.134 e. The maximum atomic E-state index is 5.70. The van der Waals surface area contributed by atoms with Crippen molar-refractivity contribution in [1.29, 1.82) is 0 Å². The number of hydrogen-bond donors (Lipinski definition) is 0. The topological polar surface area (TPSA) is 40.0 Å². The van der Waals surface area contributed by atoms with Crippen LogP contribution in [0.2, 0.25) is 0 Å². The van der Waals surface area contributed by atoms with E-state index in [-0.39, 0.29) is 12.2 Å². The van der Waals surface area contributed by atoms with Crippen molar-refractivity contribution in [2.45, 2.75) is 46.3 Å². The molecule has 0 amide bonds. The van der Waals surface area contributed by atoms with Gasteiger partial charge >= 0.3 is 0 Å². The van der Waals surface area contributed by atoms with Gasteiger partial charge in [0.2, 0.25) is 0 Å². The zero-order chi connectivity index (χ0) is 14.1. The predicted molar refractivity (Wildman–Crippen MR) is 77.0 cm³/mol. The lowest BCUT2D eigenvalue weighted by Gasteiger charge is -2.14. The molecule has 0 aliphatic heterocycles. The van der Waals surface area contributed by atoms with Gasteiger partial charge in [-0.15, -0.1) is 0 Å². The highest BCUT2D eigenvalue weighted by Crippen LogP contribution is 2.19. The Bertz CT molecular complexity index is 375. The molecule has 1 aromatic carbocycles. The number of oxime groups is 1. The van der Waals surface area contributed by atoms with Crippen molar-refractivity contribution >= 4 is 6.21 Å². The monoisotopic (exact) mass is 265 g/mol. The third-order valence-corrected chi connectivity index (χ3v) is 2.53. The van der Waals surface area contributed by atoms with Crippen LogP contribution in [-0.2, 0) is 4.84 Å². The van der Waals surface area contributed by atoms with Crippen molar-refractivity contribution in [2.75, 3.05) is 6.61 Å². The van der Waals surface area contributed by atoms with Crippen molar-refractivity contribution in [2.24, 2.45) is 5.16 Å². The first-order valence-electron chi connectivity index (χ1n) is 6.74. The molecule has 2 atom stereocenters. The van der Waals surface area contributed by atoms with Crippen LogP contribution >= 0.6 is 0 Å². The van der Waals surface area contributed by atoms with E-state index in [2.05, 4.69) is 19.0 Å². The van der Waals surface area contributed by atoms with Crippen LogP contribution in [0.1, 0.15) is 34.1 Å². The molecule has 2 unspecified atom stereocenters. The number of ether oxygens (including phenoxy) is 2. The van der Waals surface area contributed by atoms with E-state index < -0.39 is 0 Å². The predicted octanol–water partition coefficient (Wildman–Crippen LogP) is 3.65. The van der Waals surface area contributed by atoms with E-state index in [0.717, 1.165) is 17.9 Å². The van der Waals surface area contributed by atoms with Crippen molar-refractivity contribution in [1.82, 2.24) is 0 Å². The molecule has 0 saturated heterocycles. The van der Waals surface area contributed by atoms with E-state index >= 15 is 0 Å². The van der Waals surface area contributed by atoms with E-state index in [4.69, 9.17) is 14.3 Å². The molecule has 106 valence electrons. The van der Waals surface area contributed by atoms with Gasteiger partial charge in [0.1, 0.15) is 24.2 Å². The summed E-state index contributed by atoms with van der Waals surface area (Å²) in [5, 5.41) is 3.78. The fraction of sp³-hybridized carbons (Fsp3) is 0.533. The minimum atomic E-state index is -0.132. The number of benzene rings is 1. The quantitative estimate of drug-likeness (QED) is 0.532. The fourth-order valence-corrected chi connectivity index (χ4v) is 1.36. The van der Waals surface area contributed by atoms with Crippen LogP contribution in [0.3, 0.4) is 0 Å². The van der Waals surface area contributed by atoms with Crippen LogP contribution < -0.4 is 9.47 Å². The summed E-state index contributed by atoms with van der Waals surface area (Å²) in [6.07, 6.45) is 2.72. The van der Waals surface area contributed by atoms with Gasteiger partial charge < -0.3 is 14.3 Å². The van der Waals surface area contributed by atoms with Gasteiger partial charge in [0, 0.05) is 0 Å². The van der Waals surface area contributed by atoms with E-state index in [1.807, 2.05) is 38.1 Å². The second kappa shape index (κ2) is 8.40. The smallest absolute Gasteiger partial charge is 0.134 e. The zero-order valence-corrected chi connectivity index (χ0v) is 12.1. The van der Waals surface area contributed by atoms with Crippen LogP contribution in [-0.4, -0.2) is 25.0 Å². The average molecular weight is 265 g/mol. The molecular formula is C15H23NO3. The molecule has 1 aromatic rings. The Morgan fingerprint density at radius 2 is 1.63 bits per heavy atom. The van der Waals surface area contributed by atoms with Crippen molar-refractivity contribution in [3.63, 3.8) is 0 Å². The SMILES string of the molecule is CCON=CC(C)Oc1ccc(OC(C)CC)cc1. The number of nitrogens with zero attached hydrogens (tertiary/aromatic N) is 1. The molecule has 0 aliphatic rings. The fourth-order valence-electron chi connectivity index (χ4n) is 1.36. The summed E-state index contributed by atoms with van der Waals surface area (Å²) in [5.41, 5.74) is 0. The first kappa shape index (κ1) is 15.3. The van der Waals surface area contributed by atoms with Crippen molar-refractivity contribution in [3.8, 4) is 11.5 Å². The molecule has 0 spiro atoms. The average Bonchev–Trinajstić information content (AvgIpc) is 2.41. The molecule has 0 heterocycles. The summed E-state index contributed by atoms with van der Waals surface area (Å²) < 4.78 is 11.4. The van der Waals surface area contributed by atoms with Crippen LogP contribution in [0.4, 0.5) is 0 Å². The highest BCUT2D eigenvalue weighted by molar-refractivity contribution is 5.62. The van der Waals surface area contributed by atoms with Gasteiger partial charge in [0.25, 0.3) is 0 Å². The van der Waals surface area contributed by atoms with Gasteiger partial charge in [0.15, 0.2) is 0 Å². The third kappa shape index (κ3) is 6.13. The van der Waals surface area contributed by atoms with Gasteiger partial charge in [-0.1, -0.05) is 12.1 Å². The van der Waals surface area contributed by atoms with Crippen molar-refractivity contribution < 1.29 is 14.3 Å². The number of rotatable bonds is 8. The van der Waals surface area contributed by atoms with Crippen LogP contribution in [0.5, 0.6) is 11.5 Å². The molecule has 0 aliphatic carbocycles. The molecule has 19 heavy (non-hydrogen) atoms. The molecule has 4 nitrogen and oxygen atoms in total. The molecule has 0 aromatic heterocycles. The minimum Gasteiger partial charge on any atom is -0.491 e. The van der Waals surface area contributed by atoms with Gasteiger partial charge in [-0.25, -0.2) is 0 Å². The van der Waals surface area contributed by atoms with Crippen LogP contribution in [0.25, 0.3) is 0 Å². The molecule has 0 radical (unpaired) electrons. The first-order valence-corrected chi connectivity index (χ1v) is 6.74. The Morgan fingerprint density at radius 1 is 1.05 bits per heavy atom. The molecule has 0 saturated carbocycles. The van der Waals surface area contributed by atoms with Crippen LogP contribution in [0.15, 0.2) is 29.4 Å². The molecule has 0 bridgehead atoms. The molecule has 1 rings (SSSR count). The van der Waals surface area contributed by atoms with E-state index in [1.54, 1.807) is 6.21 Å². The summed E-state index contributed by atoms with van der Waals surface area (Å²) in [5.74, 6) is 1.64. The highest BCUT2D eigenvalue weighted by atomic mass is 16.6. The largest absolute Gasteiger partial charge is 0.491 e. The lowest BCUT2D eigenvalue weighted by molar-refractivity contribution is 0.156. The maximum absolute atomic E-state index is 5.70. The Balaban J connectivity index is 2.47. The second-order valence-corrected chi connectivity index (χ2v) is 4.30. The number of hydrogen-bond acceptors (Lipinski definition) is 4. The summed E-state index contributed by atoms with van der Waals surface area (Å²) in [7, 11) is 0. The Labute approximate surface area is 115 Å². The van der Waals surface area contributed by atoms with E-state index in [9.17, 15) is 0 Å². The third-order valence-electron chi connectivity index (χ3n) is 2.53. The minimum absolute atomic E-state index is 0.132. The van der Waals surface area contributed by atoms with Gasteiger partial charge in [0.05, 0.1) is 12.3 Å². The Morgan fingerprint density at radius 3 is 2.16 bits per heavy atom. The summed E-state index contributed by atoms with van der Waals surface area (Å²) >= 11 is 0. The van der Waals surface area contributed by atoms with Crippen molar-refractivity contribution in [3.05, 3.63) is 24.3 Å². The second-order valence-electron chi connectivity index (χ2n) is 4.30. The Hall–Kier alpha value is -1.71. The molecule has 0 fully saturated rings. The van der Waals surface area contributed by atoms with Gasteiger partial charge in [-0.2, -0.15) is 0 Å². The van der Waals surface area contributed by atoms with Gasteiger partial charge in [-0.3, -0.25) is 0 Å². The molecular weight excluding hydrogens is 242 g/mol. The standard InChI is InChI=1S/C15H23NO3/c1-5-12(3)18-14-7-9-15(10-8-14)19-13(4)11-16-17-6-2/h7-13H,5-6H2,1-4H3. The summed E-state index contributed by atoms with van der Waals surface area (Å²) in [4.78, 5) is 4.89. The van der Waals surface area contributed by atoms with E-state index in [0.29, 0.717) is 6.61 Å². The lowest BCUT2D eigenvalue weighted by atomic mass is 10.3. The zero-order valence-electron chi connectivity index (χ0n) is 12.1. The van der Waals surface area contributed by atoms with Gasteiger partial charge in [-0.05, 0) is 51.5 Å².